The van der Waals surface area contributed by atoms with Gasteiger partial charge < -0.3 is 5.32 Å². The van der Waals surface area contributed by atoms with Crippen LogP contribution in [0.5, 0.6) is 0 Å². The predicted molar refractivity (Wildman–Crippen MR) is 99.8 cm³/mol. The van der Waals surface area contributed by atoms with Gasteiger partial charge in [0.05, 0.1) is 21.9 Å². The molecule has 1 aliphatic heterocycles. The molecule has 1 fully saturated rings. The largest absolute Gasteiger partial charge is 0.416 e. The predicted octanol–water partition coefficient (Wildman–Crippen LogP) is 5.56. The van der Waals surface area contributed by atoms with Crippen molar-refractivity contribution in [2.45, 2.75) is 38.0 Å². The summed E-state index contributed by atoms with van der Waals surface area (Å²) in [4.78, 5) is 31.5. The molecule has 1 N–H and O–H groups in total. The molecule has 30 heavy (non-hydrogen) atoms. The highest BCUT2D eigenvalue weighted by atomic mass is 32.2. The highest BCUT2D eigenvalue weighted by Gasteiger charge is 2.37. The number of carbonyl (C=O) groups is 2. The summed E-state index contributed by atoms with van der Waals surface area (Å²) in [5.74, 6) is -1.32. The van der Waals surface area contributed by atoms with Crippen LogP contribution in [0.15, 0.2) is 28.2 Å². The van der Waals surface area contributed by atoms with Crippen molar-refractivity contribution >= 4 is 40.1 Å². The number of alkyl halides is 6. The van der Waals surface area contributed by atoms with Crippen LogP contribution < -0.4 is 5.32 Å². The fraction of sp³-hybridized carbons (Fsp3) is 0.444. The number of carbonyl (C=O) groups excluding carboxylic acids is 2. The molecule has 1 heterocycles. The summed E-state index contributed by atoms with van der Waals surface area (Å²) < 4.78 is 77.5. The molecule has 162 valence electrons. The van der Waals surface area contributed by atoms with Crippen molar-refractivity contribution in [1.82, 2.24) is 0 Å². The number of nitrogens with one attached hydrogen (secondary N) is 1. The molecule has 0 saturated heterocycles. The first kappa shape index (κ1) is 22.3. The Bertz CT molecular complexity index is 891. The zero-order valence-electron chi connectivity index (χ0n) is 15.2. The van der Waals surface area contributed by atoms with E-state index in [-0.39, 0.29) is 17.7 Å². The minimum Gasteiger partial charge on any atom is -0.325 e. The van der Waals surface area contributed by atoms with E-state index in [1.807, 2.05) is 0 Å². The fourth-order valence-electron chi connectivity index (χ4n) is 3.21. The van der Waals surface area contributed by atoms with Gasteiger partial charge in [-0.2, -0.15) is 31.3 Å². The number of rotatable bonds is 3. The molecule has 1 aliphatic carbocycles. The van der Waals surface area contributed by atoms with E-state index in [4.69, 9.17) is 0 Å². The van der Waals surface area contributed by atoms with E-state index in [1.54, 1.807) is 0 Å². The summed E-state index contributed by atoms with van der Waals surface area (Å²) in [5, 5.41) is 2.45. The number of fused-ring (bicyclic) bond motifs is 1. The SMILES string of the molecule is O=C1N=C2CCCCC2C(SCC(=O)Nc2cc(C(F)(F)F)cc(C(F)(F)F)c2)=N1. The second-order valence-electron chi connectivity index (χ2n) is 6.77. The van der Waals surface area contributed by atoms with Crippen molar-refractivity contribution in [2.75, 3.05) is 11.1 Å². The molecule has 1 aromatic rings. The van der Waals surface area contributed by atoms with Gasteiger partial charge in [-0.1, -0.05) is 18.2 Å². The number of aliphatic imine (C=N–C) groups is 2. The average molecular weight is 451 g/mol. The van der Waals surface area contributed by atoms with Crippen LogP contribution in [0.1, 0.15) is 36.8 Å². The molecule has 0 radical (unpaired) electrons. The number of thioether (sulfide) groups is 1. The smallest absolute Gasteiger partial charge is 0.325 e. The number of urea groups is 1. The third kappa shape index (κ3) is 5.41. The minimum absolute atomic E-state index is 0.0171. The molecule has 2 aliphatic rings. The fourth-order valence-corrected chi connectivity index (χ4v) is 4.16. The van der Waals surface area contributed by atoms with E-state index in [9.17, 15) is 35.9 Å². The highest BCUT2D eigenvalue weighted by molar-refractivity contribution is 8.14. The van der Waals surface area contributed by atoms with Gasteiger partial charge in [-0.25, -0.2) is 9.79 Å². The molecule has 1 aromatic carbocycles. The molecule has 0 aromatic heterocycles. The van der Waals surface area contributed by atoms with Gasteiger partial charge in [0.2, 0.25) is 5.91 Å². The lowest BCUT2D eigenvalue weighted by molar-refractivity contribution is -0.143. The maximum atomic E-state index is 12.9. The van der Waals surface area contributed by atoms with E-state index in [2.05, 4.69) is 15.3 Å². The minimum atomic E-state index is -5.01. The van der Waals surface area contributed by atoms with Crippen LogP contribution in [0.2, 0.25) is 0 Å². The molecule has 1 saturated carbocycles. The molecule has 3 rings (SSSR count). The molecular weight excluding hydrogens is 436 g/mol. The van der Waals surface area contributed by atoms with E-state index >= 15 is 0 Å². The summed E-state index contributed by atoms with van der Waals surface area (Å²) in [6.45, 7) is 0. The summed E-state index contributed by atoms with van der Waals surface area (Å²) in [7, 11) is 0. The summed E-state index contributed by atoms with van der Waals surface area (Å²) in [5.41, 5.74) is -2.97. The average Bonchev–Trinajstić information content (AvgIpc) is 2.64. The maximum Gasteiger partial charge on any atom is 0.416 e. The van der Waals surface area contributed by atoms with Crippen LogP contribution in [0.25, 0.3) is 0 Å². The Balaban J connectivity index is 1.71. The van der Waals surface area contributed by atoms with Crippen molar-refractivity contribution in [3.63, 3.8) is 0 Å². The van der Waals surface area contributed by atoms with Crippen LogP contribution >= 0.6 is 11.8 Å². The lowest BCUT2D eigenvalue weighted by Gasteiger charge is -2.26. The molecule has 5 nitrogen and oxygen atoms in total. The molecule has 0 bridgehead atoms. The Kier molecular flexibility index (Phi) is 6.25. The van der Waals surface area contributed by atoms with Gasteiger partial charge in [0.25, 0.3) is 0 Å². The van der Waals surface area contributed by atoms with Gasteiger partial charge in [-0.05, 0) is 37.5 Å². The lowest BCUT2D eigenvalue weighted by atomic mass is 9.87. The molecule has 1 unspecified atom stereocenters. The summed E-state index contributed by atoms with van der Waals surface area (Å²) in [6.07, 6.45) is -6.88. The van der Waals surface area contributed by atoms with E-state index in [1.165, 1.54) is 0 Å². The van der Waals surface area contributed by atoms with Gasteiger partial charge in [-0.3, -0.25) is 4.79 Å². The highest BCUT2D eigenvalue weighted by Crippen LogP contribution is 2.37. The molecule has 3 amide bonds. The molecule has 1 atom stereocenters. The second-order valence-corrected chi connectivity index (χ2v) is 7.76. The van der Waals surface area contributed by atoms with E-state index < -0.39 is 41.1 Å². The quantitative estimate of drug-likeness (QED) is 0.612. The standard InChI is InChI=1S/C18H15F6N3O2S/c19-17(20,21)9-5-10(18(22,23)24)7-11(6-9)25-14(28)8-30-15-12-3-1-2-4-13(12)26-16(29)27-15/h5-7,12H,1-4,8H2,(H,25,28). The van der Waals surface area contributed by atoms with Crippen molar-refractivity contribution in [3.8, 4) is 0 Å². The first-order chi connectivity index (χ1) is 13.9. The van der Waals surface area contributed by atoms with E-state index in [0.29, 0.717) is 35.7 Å². The van der Waals surface area contributed by atoms with E-state index in [0.717, 1.165) is 24.6 Å². The normalized spacial score (nSPS) is 19.7. The van der Waals surface area contributed by atoms with Crippen molar-refractivity contribution < 1.29 is 35.9 Å². The third-order valence-corrected chi connectivity index (χ3v) is 5.62. The van der Waals surface area contributed by atoms with Crippen LogP contribution in [-0.4, -0.2) is 28.4 Å². The van der Waals surface area contributed by atoms with Crippen molar-refractivity contribution in [1.29, 1.82) is 0 Å². The number of hydrogen-bond acceptors (Lipinski definition) is 3. The first-order valence-electron chi connectivity index (χ1n) is 8.85. The topological polar surface area (TPSA) is 70.9 Å². The second kappa shape index (κ2) is 8.40. The van der Waals surface area contributed by atoms with Gasteiger partial charge >= 0.3 is 18.4 Å². The van der Waals surface area contributed by atoms with Gasteiger partial charge in [-0.15, -0.1) is 0 Å². The number of amides is 3. The van der Waals surface area contributed by atoms with Crippen LogP contribution in [-0.2, 0) is 17.1 Å². The Hall–Kier alpha value is -2.37. The zero-order chi connectivity index (χ0) is 22.1. The lowest BCUT2D eigenvalue weighted by Crippen LogP contribution is -2.31. The molecule has 0 spiro atoms. The third-order valence-electron chi connectivity index (χ3n) is 4.54. The number of benzene rings is 1. The molecular formula is C18H15F6N3O2S. The Morgan fingerprint density at radius 3 is 2.27 bits per heavy atom. The first-order valence-corrected chi connectivity index (χ1v) is 9.84. The Morgan fingerprint density at radius 1 is 1.03 bits per heavy atom. The number of anilines is 1. The van der Waals surface area contributed by atoms with Crippen LogP contribution in [0, 0.1) is 5.92 Å². The molecule has 12 heteroatoms. The Labute approximate surface area is 171 Å². The zero-order valence-corrected chi connectivity index (χ0v) is 16.0. The number of nitrogens with zero attached hydrogens (tertiary/aromatic N) is 2. The monoisotopic (exact) mass is 451 g/mol. The Morgan fingerprint density at radius 2 is 1.67 bits per heavy atom. The van der Waals surface area contributed by atoms with Crippen molar-refractivity contribution in [3.05, 3.63) is 29.3 Å². The van der Waals surface area contributed by atoms with Gasteiger partial charge in [0.1, 0.15) is 0 Å². The van der Waals surface area contributed by atoms with Crippen molar-refractivity contribution in [2.24, 2.45) is 15.9 Å². The summed E-state index contributed by atoms with van der Waals surface area (Å²) in [6, 6.07) is 0.173. The summed E-state index contributed by atoms with van der Waals surface area (Å²) >= 11 is 0.925. The van der Waals surface area contributed by atoms with Crippen LogP contribution in [0.4, 0.5) is 36.8 Å². The van der Waals surface area contributed by atoms with Crippen LogP contribution in [0.3, 0.4) is 0 Å². The number of halogens is 6. The van der Waals surface area contributed by atoms with Gasteiger partial charge in [0, 0.05) is 17.3 Å². The van der Waals surface area contributed by atoms with Gasteiger partial charge in [0.15, 0.2) is 0 Å². The number of hydrogen-bond donors (Lipinski definition) is 1. The maximum absolute atomic E-state index is 12.9.